The Labute approximate surface area is 833 Å². The van der Waals surface area contributed by atoms with Crippen LogP contribution < -0.4 is 31.9 Å². The number of ether oxygens (including phenoxy) is 17. The average Bonchev–Trinajstić information content (AvgIpc) is 0.747. The summed E-state index contributed by atoms with van der Waals surface area (Å²) < 4.78 is 100. The van der Waals surface area contributed by atoms with Gasteiger partial charge in [-0.1, -0.05) is 0 Å². The Balaban J connectivity index is 1.18. The van der Waals surface area contributed by atoms with Crippen molar-refractivity contribution in [2.24, 2.45) is 0 Å². The minimum Gasteiger partial charge on any atom is -0.477 e. The Hall–Kier alpha value is -7.63. The summed E-state index contributed by atoms with van der Waals surface area (Å²) >= 11 is 0. The molecule has 0 aliphatic carbocycles. The predicted octanol–water partition coefficient (Wildman–Crippen LogP) is -23.7. The van der Waals surface area contributed by atoms with Crippen LogP contribution in [0.1, 0.15) is 73.6 Å². The Bertz CT molecular complexity index is 4450. The number of nitrogens with one attached hydrogen (secondary N) is 6. The van der Waals surface area contributed by atoms with Gasteiger partial charge in [0.25, 0.3) is 28.9 Å². The molecule has 0 aromatic carbocycles. The molecule has 9 rings (SSSR count). The summed E-state index contributed by atoms with van der Waals surface area (Å²) in [6.45, 7) is -8.98. The lowest BCUT2D eigenvalue weighted by Gasteiger charge is -2.53. The maximum atomic E-state index is 14.8. The molecule has 9 heterocycles. The molecule has 9 aliphatic heterocycles. The van der Waals surface area contributed by atoms with Crippen molar-refractivity contribution in [1.82, 2.24) is 31.9 Å². The number of carbonyl (C=O) groups excluding carboxylic acids is 6. The highest BCUT2D eigenvalue weighted by Crippen LogP contribution is 2.47. The fourth-order valence-electron chi connectivity index (χ4n) is 18.8. The molecule has 67 nitrogen and oxygen atoms in total. The molecule has 9 fully saturated rings. The van der Waals surface area contributed by atoms with E-state index in [0.717, 1.165) is 27.7 Å². The van der Waals surface area contributed by atoms with Gasteiger partial charge in [-0.2, -0.15) is 0 Å². The number of carboxylic acid groups (broad SMARTS) is 5. The summed E-state index contributed by atoms with van der Waals surface area (Å²) in [6.07, 6.45) is -109. The molecule has 0 saturated carbocycles. The van der Waals surface area contributed by atoms with Crippen molar-refractivity contribution in [3.8, 4) is 0 Å². The van der Waals surface area contributed by atoms with Gasteiger partial charge in [0, 0.05) is 73.6 Å². The highest BCUT2D eigenvalue weighted by atomic mass is 16.8. The molecular weight excluding hydrogens is 2030 g/mol. The molecule has 0 aromatic heterocycles. The smallest absolute Gasteiger partial charge is 0.364 e. The van der Waals surface area contributed by atoms with Crippen molar-refractivity contribution in [3.63, 3.8) is 0 Å². The summed E-state index contributed by atoms with van der Waals surface area (Å²) in [7, 11) is 0. The van der Waals surface area contributed by atoms with Crippen molar-refractivity contribution < 1.29 is 302 Å². The third-order valence-corrected chi connectivity index (χ3v) is 26.1. The number of aliphatic carboxylic acids is 5. The van der Waals surface area contributed by atoms with Gasteiger partial charge in [0.05, 0.1) is 120 Å². The van der Waals surface area contributed by atoms with Gasteiger partial charge in [-0.3, -0.25) is 28.8 Å². The Kier molecular flexibility index (Phi) is 43.2. The van der Waals surface area contributed by atoms with E-state index >= 15 is 0 Å². The minimum atomic E-state index is -4.06. The van der Waals surface area contributed by atoms with Crippen LogP contribution in [-0.2, 0) is 133 Å². The first-order valence-corrected chi connectivity index (χ1v) is 45.8. The van der Waals surface area contributed by atoms with Gasteiger partial charge in [-0.05, 0) is 0 Å². The second-order valence-electron chi connectivity index (χ2n) is 36.8. The van der Waals surface area contributed by atoms with Gasteiger partial charge in [0.1, 0.15) is 189 Å². The maximum Gasteiger partial charge on any atom is 0.364 e. The van der Waals surface area contributed by atoms with Crippen molar-refractivity contribution in [3.05, 3.63) is 0 Å². The number of hydrogen-bond donors (Lipinski definition) is 39. The van der Waals surface area contributed by atoms with Gasteiger partial charge in [0.15, 0.2) is 25.2 Å². The number of aliphatic hydroxyl groups excluding tert-OH is 28. The van der Waals surface area contributed by atoms with Crippen molar-refractivity contribution in [1.29, 1.82) is 0 Å². The maximum absolute atomic E-state index is 14.8. The fraction of sp³-hybridized carbons (Fsp3) is 0.864. The molecule has 6 amide bonds. The molecule has 0 spiro atoms. The summed E-state index contributed by atoms with van der Waals surface area (Å²) in [4.78, 5) is 147. The number of hydrogen-bond acceptors (Lipinski definition) is 56. The van der Waals surface area contributed by atoms with Crippen LogP contribution in [0.4, 0.5) is 0 Å². The van der Waals surface area contributed by atoms with Gasteiger partial charge in [0.2, 0.25) is 35.4 Å². The first kappa shape index (κ1) is 124. The van der Waals surface area contributed by atoms with E-state index in [1.54, 1.807) is 0 Å². The average molecular weight is 2160 g/mol. The van der Waals surface area contributed by atoms with E-state index in [2.05, 4.69) is 31.9 Å². The first-order chi connectivity index (χ1) is 69.2. The van der Waals surface area contributed by atoms with Crippen LogP contribution in [0, 0.1) is 0 Å². The van der Waals surface area contributed by atoms with E-state index in [1.165, 1.54) is 0 Å². The lowest BCUT2D eigenvalue weighted by Crippen LogP contribution is -2.73. The monoisotopic (exact) mass is 2160 g/mol. The topological polar surface area (TPSA) is 1080 Å². The van der Waals surface area contributed by atoms with E-state index in [0.29, 0.717) is 13.8 Å². The van der Waals surface area contributed by atoms with Crippen LogP contribution in [0.2, 0.25) is 0 Å². The third-order valence-electron chi connectivity index (χ3n) is 26.1. The molecule has 850 valence electrons. The van der Waals surface area contributed by atoms with E-state index in [4.69, 9.17) is 80.5 Å². The summed E-state index contributed by atoms with van der Waals surface area (Å²) in [6, 6.07) is -13.0. The molecule has 67 heteroatoms. The SMILES string of the molecule is CC(=O)N[C@H]1[C@H](O[C@@H]2[C@H](O[C@]3(C(=O)O)C[C@H](O)[C@@H](NC(C)=O)[C@H]([C@H](O)[C@@H](CO)O[C@]4(C(=O)O)C[C@H](O)[C@@H](NC(C)=O)[C@H]([C@H](O)[C@@H](CO)O[C@]5(C(=O)O)C[C@H](O)[C@@H](NC(C)=O)[C@H]([C@H](O)[C@H](O)CO)O5)O4)O3)[C@@H](O)[C@H](O[C@H]3[C@H](O)[C@@H](O)[C@@H](O)O[C@@H]3CO)O[C@@H]2CO)O[C@H](CO[C@]2(C(=O)O)C[C@H](O)[C@@H](NC(C)=O)[C@H]([C@H](O)[C@H](O)CO)O2)[C@H](O)[C@@H]1O[C@@H]1O[C@H](CO)[C@H](O)[C@H](O[C@]2(C(=O)O)C[C@H](O)[C@@H](NC(C)=O)[C@H]([C@H](O)[C@H](O)CO)O2)[C@H]1O. The summed E-state index contributed by atoms with van der Waals surface area (Å²) in [5, 5.41) is 387. The highest BCUT2D eigenvalue weighted by molar-refractivity contribution is 5.80. The second-order valence-corrected chi connectivity index (χ2v) is 36.8. The Morgan fingerprint density at radius 1 is 0.291 bits per heavy atom. The Morgan fingerprint density at radius 2 is 0.568 bits per heavy atom. The van der Waals surface area contributed by atoms with Crippen molar-refractivity contribution in [2.75, 3.05) is 59.5 Å². The largest absolute Gasteiger partial charge is 0.477 e. The third kappa shape index (κ3) is 27.1. The van der Waals surface area contributed by atoms with Crippen molar-refractivity contribution in [2.45, 2.75) is 378 Å². The summed E-state index contributed by atoms with van der Waals surface area (Å²) in [5.74, 6) is -37.3. The zero-order chi connectivity index (χ0) is 111. The predicted molar refractivity (Wildman–Crippen MR) is 453 cm³/mol. The summed E-state index contributed by atoms with van der Waals surface area (Å²) in [5.41, 5.74) is 0. The molecule has 9 aliphatic rings. The highest BCUT2D eigenvalue weighted by Gasteiger charge is 2.69. The Morgan fingerprint density at radius 3 is 0.905 bits per heavy atom. The lowest BCUT2D eigenvalue weighted by atomic mass is 9.86. The molecule has 9 saturated heterocycles. The number of carbonyl (C=O) groups is 11. The lowest BCUT2D eigenvalue weighted by molar-refractivity contribution is -0.406. The molecule has 0 aromatic rings. The fourth-order valence-corrected chi connectivity index (χ4v) is 18.8. The van der Waals surface area contributed by atoms with Crippen LogP contribution in [0.5, 0.6) is 0 Å². The van der Waals surface area contributed by atoms with Crippen LogP contribution in [-0.4, -0.2) is 597 Å². The van der Waals surface area contributed by atoms with Gasteiger partial charge < -0.3 is 281 Å². The van der Waals surface area contributed by atoms with E-state index in [-0.39, 0.29) is 0 Å². The van der Waals surface area contributed by atoms with Crippen LogP contribution in [0.25, 0.3) is 0 Å². The van der Waals surface area contributed by atoms with Crippen molar-refractivity contribution >= 4 is 65.3 Å². The minimum absolute atomic E-state index is 0.671. The molecule has 50 atom stereocenters. The van der Waals surface area contributed by atoms with Crippen LogP contribution in [0.3, 0.4) is 0 Å². The number of amides is 6. The molecule has 0 bridgehead atoms. The first-order valence-electron chi connectivity index (χ1n) is 45.8. The van der Waals surface area contributed by atoms with Crippen LogP contribution in [0.15, 0.2) is 0 Å². The number of carboxylic acids is 5. The van der Waals surface area contributed by atoms with Gasteiger partial charge >= 0.3 is 29.8 Å². The zero-order valence-electron chi connectivity index (χ0n) is 79.1. The number of rotatable bonds is 46. The number of aliphatic hydroxyl groups is 28. The van der Waals surface area contributed by atoms with E-state index < -0.39 is 461 Å². The molecule has 0 unspecified atom stereocenters. The van der Waals surface area contributed by atoms with Gasteiger partial charge in [-0.25, -0.2) is 24.0 Å². The quantitative estimate of drug-likeness (QED) is 0.0269. The molecule has 148 heavy (non-hydrogen) atoms. The van der Waals surface area contributed by atoms with Crippen LogP contribution >= 0.6 is 0 Å². The molecular formula is C81H130N6O61. The molecule has 39 N–H and O–H groups in total. The molecule has 0 radical (unpaired) electrons. The zero-order valence-corrected chi connectivity index (χ0v) is 79.1. The normalized spacial score (nSPS) is 41.9. The van der Waals surface area contributed by atoms with Gasteiger partial charge in [-0.15, -0.1) is 0 Å². The second kappa shape index (κ2) is 51.6. The standard InChI is InChI=1S/C81H130N6O61/c1-21(96)82-41-27(102)7-77(72(122)123,142-61(41)47(110)32(107)12-88)132-20-40-53(116)60(139-70-56(119)66(50(113)35(15-91)134-70)147-80(75(128)129)10-30(105)43(84-23(3)98)63(144-80)49(112)34(109)14-90)46(87-26(6)101)69(136-40)138-59-39(19-95)135-71(137-58-38(18-94)133-68(121)55(118)54(58)117)57(120)67(59)148-81(76(130)131)11-31(106)45(86-25(5)100)65(146-81)52(115)37(17-93)141-79(74(126)127)9-29(104)44(85-24(4)99)64(145-79)51(114)36(16-92)140-78(73(124)125)8-28(103)42(83-22(2)97)62(143-78)48(111)33(108)13-89/h27-71,88-95,102-121H,7-20H2,1-6H3,(H,82,96)(H,83,97)(H,84,98)(H,85,99)(H,86,100)(H,87,101)(H,122,123)(H,124,125)(H,126,127)(H,128,129)(H,130,131)/t27-,28-,29-,30-,31-,32+,33+,34+,35+,36+,37+,38+,39+,40+,41+,42+,43+,44+,45+,46+,47+,48+,49+,50-,51+,52+,53-,54+,55+,56+,57+,58+,59-,60+,61+,62+,63+,64+,65+,66-,67+,68-,69-,70-,71-,77+,78+,79+,80-,81-/m0/s1. The van der Waals surface area contributed by atoms with E-state index in [1.807, 2.05) is 0 Å². The van der Waals surface area contributed by atoms with E-state index in [9.17, 15) is 221 Å².